The number of carbonyl (C=O) groups excluding carboxylic acids is 2. The van der Waals surface area contributed by atoms with Crippen LogP contribution in [0.25, 0.3) is 0 Å². The van der Waals surface area contributed by atoms with Gasteiger partial charge in [-0.1, -0.05) is 18.2 Å². The SMILES string of the molecule is CC(=O)N1c2ccccc2C[C@H]1C(=O)NS(=O)(=O)c1cnn(C)c1. The molecule has 0 unspecified atom stereocenters. The second kappa shape index (κ2) is 5.75. The van der Waals surface area contributed by atoms with Crippen molar-refractivity contribution in [2.75, 3.05) is 4.90 Å². The van der Waals surface area contributed by atoms with Gasteiger partial charge < -0.3 is 0 Å². The summed E-state index contributed by atoms with van der Waals surface area (Å²) in [5.74, 6) is -1.07. The number of aryl methyl sites for hydroxylation is 1. The van der Waals surface area contributed by atoms with E-state index >= 15 is 0 Å². The number of sulfonamides is 1. The van der Waals surface area contributed by atoms with Gasteiger partial charge >= 0.3 is 0 Å². The summed E-state index contributed by atoms with van der Waals surface area (Å²) in [6.07, 6.45) is 2.72. The van der Waals surface area contributed by atoms with Crippen LogP contribution in [0.5, 0.6) is 0 Å². The fourth-order valence-corrected chi connectivity index (χ4v) is 3.78. The predicted octanol–water partition coefficient (Wildman–Crippen LogP) is 0.203. The van der Waals surface area contributed by atoms with Crippen LogP contribution >= 0.6 is 0 Å². The molecule has 3 rings (SSSR count). The number of aromatic nitrogens is 2. The summed E-state index contributed by atoms with van der Waals surface area (Å²) in [5, 5.41) is 3.78. The van der Waals surface area contributed by atoms with E-state index in [0.29, 0.717) is 5.69 Å². The molecule has 8 nitrogen and oxygen atoms in total. The Balaban J connectivity index is 1.87. The van der Waals surface area contributed by atoms with Crippen molar-refractivity contribution in [1.82, 2.24) is 14.5 Å². The molecule has 2 aromatic rings. The van der Waals surface area contributed by atoms with Gasteiger partial charge in [0.2, 0.25) is 5.91 Å². The molecule has 1 aliphatic rings. The Hall–Kier alpha value is -2.68. The molecule has 1 aromatic carbocycles. The summed E-state index contributed by atoms with van der Waals surface area (Å²) in [6.45, 7) is 1.35. The zero-order valence-electron chi connectivity index (χ0n) is 13.1. The third-order valence-corrected chi connectivity index (χ3v) is 5.15. The Kier molecular flexibility index (Phi) is 3.88. The molecule has 126 valence electrons. The van der Waals surface area contributed by atoms with Crippen molar-refractivity contribution >= 4 is 27.5 Å². The zero-order chi connectivity index (χ0) is 17.5. The number of amides is 2. The molecule has 0 spiro atoms. The molecule has 0 fully saturated rings. The Morgan fingerprint density at radius 3 is 2.62 bits per heavy atom. The van der Waals surface area contributed by atoms with E-state index in [-0.39, 0.29) is 17.2 Å². The van der Waals surface area contributed by atoms with Crippen molar-refractivity contribution in [1.29, 1.82) is 0 Å². The number of hydrogen-bond donors (Lipinski definition) is 1. The molecule has 0 saturated carbocycles. The van der Waals surface area contributed by atoms with Crippen molar-refractivity contribution in [3.8, 4) is 0 Å². The average Bonchev–Trinajstić information content (AvgIpc) is 3.10. The van der Waals surface area contributed by atoms with Crippen LogP contribution in [0.2, 0.25) is 0 Å². The summed E-state index contributed by atoms with van der Waals surface area (Å²) in [7, 11) is -2.46. The molecule has 1 aliphatic heterocycles. The van der Waals surface area contributed by atoms with Crippen LogP contribution in [0.4, 0.5) is 5.69 Å². The van der Waals surface area contributed by atoms with Crippen LogP contribution in [-0.4, -0.2) is 36.1 Å². The van der Waals surface area contributed by atoms with E-state index in [4.69, 9.17) is 0 Å². The van der Waals surface area contributed by atoms with Crippen LogP contribution < -0.4 is 9.62 Å². The first-order valence-corrected chi connectivity index (χ1v) is 8.71. The lowest BCUT2D eigenvalue weighted by molar-refractivity contribution is -0.124. The monoisotopic (exact) mass is 348 g/mol. The minimum Gasteiger partial charge on any atom is -0.300 e. The number of nitrogens with one attached hydrogen (secondary N) is 1. The average molecular weight is 348 g/mol. The summed E-state index contributed by atoms with van der Waals surface area (Å²) in [6, 6.07) is 6.23. The Labute approximate surface area is 139 Å². The van der Waals surface area contributed by atoms with E-state index in [1.807, 2.05) is 16.9 Å². The van der Waals surface area contributed by atoms with E-state index in [2.05, 4.69) is 5.10 Å². The first-order chi connectivity index (χ1) is 11.3. The van der Waals surface area contributed by atoms with Gasteiger partial charge in [0.05, 0.1) is 6.20 Å². The quantitative estimate of drug-likeness (QED) is 0.854. The highest BCUT2D eigenvalue weighted by Crippen LogP contribution is 2.32. The maximum atomic E-state index is 12.5. The summed E-state index contributed by atoms with van der Waals surface area (Å²) in [4.78, 5) is 25.7. The molecular weight excluding hydrogens is 332 g/mol. The number of anilines is 1. The largest absolute Gasteiger partial charge is 0.300 e. The molecule has 1 aromatic heterocycles. The smallest absolute Gasteiger partial charge is 0.267 e. The lowest BCUT2D eigenvalue weighted by Crippen LogP contribution is -2.48. The van der Waals surface area contributed by atoms with Gasteiger partial charge in [-0.2, -0.15) is 5.10 Å². The normalized spacial score (nSPS) is 16.8. The lowest BCUT2D eigenvalue weighted by Gasteiger charge is -2.23. The fraction of sp³-hybridized carbons (Fsp3) is 0.267. The number of fused-ring (bicyclic) bond motifs is 1. The Bertz CT molecular complexity index is 919. The molecule has 2 amide bonds. The number of benzene rings is 1. The molecule has 2 heterocycles. The van der Waals surface area contributed by atoms with Crippen LogP contribution in [0.3, 0.4) is 0 Å². The van der Waals surface area contributed by atoms with Crippen molar-refractivity contribution in [2.45, 2.75) is 24.3 Å². The minimum absolute atomic E-state index is 0.108. The summed E-state index contributed by atoms with van der Waals surface area (Å²) in [5.41, 5.74) is 1.45. The zero-order valence-corrected chi connectivity index (χ0v) is 13.9. The number of carbonyl (C=O) groups is 2. The third-order valence-electron chi connectivity index (χ3n) is 3.84. The molecule has 9 heteroatoms. The van der Waals surface area contributed by atoms with E-state index in [9.17, 15) is 18.0 Å². The number of nitrogens with zero attached hydrogens (tertiary/aromatic N) is 3. The highest BCUT2D eigenvalue weighted by Gasteiger charge is 2.38. The number of rotatable bonds is 3. The second-order valence-electron chi connectivity index (χ2n) is 5.56. The van der Waals surface area contributed by atoms with E-state index < -0.39 is 22.0 Å². The second-order valence-corrected chi connectivity index (χ2v) is 7.24. The highest BCUT2D eigenvalue weighted by molar-refractivity contribution is 7.90. The lowest BCUT2D eigenvalue weighted by atomic mass is 10.1. The third kappa shape index (κ3) is 2.78. The Morgan fingerprint density at radius 1 is 1.29 bits per heavy atom. The van der Waals surface area contributed by atoms with Gasteiger partial charge in [0.25, 0.3) is 15.9 Å². The molecule has 0 radical (unpaired) electrons. The fourth-order valence-electron chi connectivity index (χ4n) is 2.78. The van der Waals surface area contributed by atoms with Crippen molar-refractivity contribution < 1.29 is 18.0 Å². The van der Waals surface area contributed by atoms with Gasteiger partial charge in [-0.25, -0.2) is 13.1 Å². The predicted molar refractivity (Wildman–Crippen MR) is 85.6 cm³/mol. The van der Waals surface area contributed by atoms with E-state index in [1.54, 1.807) is 19.2 Å². The first-order valence-electron chi connectivity index (χ1n) is 7.22. The van der Waals surface area contributed by atoms with Gasteiger partial charge in [-0.3, -0.25) is 19.2 Å². The summed E-state index contributed by atoms with van der Waals surface area (Å²) < 4.78 is 27.9. The summed E-state index contributed by atoms with van der Waals surface area (Å²) >= 11 is 0. The van der Waals surface area contributed by atoms with Gasteiger partial charge in [0, 0.05) is 32.3 Å². The maximum Gasteiger partial charge on any atom is 0.267 e. The minimum atomic E-state index is -4.03. The van der Waals surface area contributed by atoms with Gasteiger partial charge in [-0.15, -0.1) is 0 Å². The molecule has 24 heavy (non-hydrogen) atoms. The van der Waals surface area contributed by atoms with Crippen LogP contribution in [0, 0.1) is 0 Å². The van der Waals surface area contributed by atoms with Crippen molar-refractivity contribution in [3.05, 3.63) is 42.2 Å². The maximum absolute atomic E-state index is 12.5. The van der Waals surface area contributed by atoms with Gasteiger partial charge in [-0.05, 0) is 11.6 Å². The Morgan fingerprint density at radius 2 is 2.00 bits per heavy atom. The van der Waals surface area contributed by atoms with E-state index in [0.717, 1.165) is 11.8 Å². The first kappa shape index (κ1) is 16.2. The number of para-hydroxylation sites is 1. The van der Waals surface area contributed by atoms with Crippen molar-refractivity contribution in [3.63, 3.8) is 0 Å². The highest BCUT2D eigenvalue weighted by atomic mass is 32.2. The topological polar surface area (TPSA) is 101 Å². The molecule has 0 aliphatic carbocycles. The van der Waals surface area contributed by atoms with Crippen LogP contribution in [0.1, 0.15) is 12.5 Å². The molecule has 1 atom stereocenters. The molecular formula is C15H16N4O4S. The molecule has 0 bridgehead atoms. The van der Waals surface area contributed by atoms with Gasteiger partial charge in [0.15, 0.2) is 0 Å². The number of hydrogen-bond acceptors (Lipinski definition) is 5. The van der Waals surface area contributed by atoms with E-state index in [1.165, 1.54) is 22.7 Å². The van der Waals surface area contributed by atoms with Gasteiger partial charge in [0.1, 0.15) is 10.9 Å². The van der Waals surface area contributed by atoms with Crippen molar-refractivity contribution in [2.24, 2.45) is 7.05 Å². The molecule has 1 N–H and O–H groups in total. The molecule has 0 saturated heterocycles. The standard InChI is InChI=1S/C15H16N4O4S/c1-10(20)19-13-6-4-3-5-11(13)7-14(19)15(21)17-24(22,23)12-8-16-18(2)9-12/h3-6,8-9,14H,7H2,1-2H3,(H,17,21)/t14-/m0/s1. The van der Waals surface area contributed by atoms with Crippen LogP contribution in [0.15, 0.2) is 41.6 Å². The van der Waals surface area contributed by atoms with Crippen LogP contribution in [-0.2, 0) is 33.1 Å².